The molecule has 1 saturated heterocycles. The summed E-state index contributed by atoms with van der Waals surface area (Å²) in [6, 6.07) is 15.7. The number of hydrogen-bond donors (Lipinski definition) is 2. The van der Waals surface area contributed by atoms with Crippen LogP contribution in [0.5, 0.6) is 11.5 Å². The molecule has 0 unspecified atom stereocenters. The van der Waals surface area contributed by atoms with E-state index in [-0.39, 0.29) is 12.5 Å². The molecule has 7 heteroatoms. The molecular weight excluding hydrogens is 358 g/mol. The average Bonchev–Trinajstić information content (AvgIpc) is 2.87. The Balaban J connectivity index is 1.58. The standard InChI is InChI=1S/C21H23N3O4/c1-3-13-21(2)19(26)24(20(27)23-21)14-18(25)22-15-9-11-17(12-10-15)28-16-7-5-4-6-8-16/h4-12H,3,13-14H2,1-2H3,(H,22,25)(H,23,27)/t21-/m0/s1. The highest BCUT2D eigenvalue weighted by Crippen LogP contribution is 2.24. The van der Waals surface area contributed by atoms with Crippen molar-refractivity contribution >= 4 is 23.5 Å². The maximum atomic E-state index is 12.5. The summed E-state index contributed by atoms with van der Waals surface area (Å²) < 4.78 is 5.70. The molecule has 7 nitrogen and oxygen atoms in total. The van der Waals surface area contributed by atoms with Crippen LogP contribution >= 0.6 is 0 Å². The Morgan fingerprint density at radius 1 is 1.07 bits per heavy atom. The van der Waals surface area contributed by atoms with Crippen LogP contribution in [0.1, 0.15) is 26.7 Å². The first-order chi connectivity index (χ1) is 13.4. The van der Waals surface area contributed by atoms with Crippen molar-refractivity contribution < 1.29 is 19.1 Å². The minimum Gasteiger partial charge on any atom is -0.457 e. The molecule has 4 amide bonds. The maximum absolute atomic E-state index is 12.5. The van der Waals surface area contributed by atoms with Crippen LogP contribution in [-0.4, -0.2) is 34.8 Å². The lowest BCUT2D eigenvalue weighted by Crippen LogP contribution is -2.44. The number of ether oxygens (including phenoxy) is 1. The fraction of sp³-hybridized carbons (Fsp3) is 0.286. The number of hydrogen-bond acceptors (Lipinski definition) is 4. The van der Waals surface area contributed by atoms with Crippen LogP contribution in [0.2, 0.25) is 0 Å². The minimum absolute atomic E-state index is 0.327. The zero-order valence-electron chi connectivity index (χ0n) is 15.9. The molecule has 0 saturated carbocycles. The van der Waals surface area contributed by atoms with Gasteiger partial charge in [0.1, 0.15) is 23.6 Å². The highest BCUT2D eigenvalue weighted by Gasteiger charge is 2.47. The Kier molecular flexibility index (Phi) is 5.63. The third kappa shape index (κ3) is 4.31. The molecule has 2 N–H and O–H groups in total. The summed E-state index contributed by atoms with van der Waals surface area (Å²) in [5.41, 5.74) is -0.392. The quantitative estimate of drug-likeness (QED) is 0.718. The van der Waals surface area contributed by atoms with Crippen molar-refractivity contribution in [3.05, 3.63) is 54.6 Å². The van der Waals surface area contributed by atoms with Crippen LogP contribution in [0.4, 0.5) is 10.5 Å². The van der Waals surface area contributed by atoms with Crippen molar-refractivity contribution in [3.63, 3.8) is 0 Å². The van der Waals surface area contributed by atoms with Crippen LogP contribution in [-0.2, 0) is 9.59 Å². The van der Waals surface area contributed by atoms with E-state index in [1.807, 2.05) is 37.3 Å². The van der Waals surface area contributed by atoms with Gasteiger partial charge in [-0.15, -0.1) is 0 Å². The molecule has 0 spiro atoms. The van der Waals surface area contributed by atoms with Crippen LogP contribution in [0.25, 0.3) is 0 Å². The Hall–Kier alpha value is -3.35. The number of carbonyl (C=O) groups is 3. The SMILES string of the molecule is CCC[C@]1(C)NC(=O)N(CC(=O)Nc2ccc(Oc3ccccc3)cc2)C1=O. The molecule has 1 aliphatic heterocycles. The van der Waals surface area contributed by atoms with E-state index in [1.165, 1.54) is 0 Å². The summed E-state index contributed by atoms with van der Waals surface area (Å²) in [7, 11) is 0. The van der Waals surface area contributed by atoms with E-state index in [0.717, 1.165) is 11.3 Å². The summed E-state index contributed by atoms with van der Waals surface area (Å²) >= 11 is 0. The van der Waals surface area contributed by atoms with Crippen molar-refractivity contribution in [2.75, 3.05) is 11.9 Å². The number of urea groups is 1. The number of nitrogens with one attached hydrogen (secondary N) is 2. The first-order valence-corrected chi connectivity index (χ1v) is 9.18. The molecule has 1 aliphatic rings. The molecule has 1 fully saturated rings. The fourth-order valence-corrected chi connectivity index (χ4v) is 3.14. The second kappa shape index (κ2) is 8.12. The number of nitrogens with zero attached hydrogens (tertiary/aromatic N) is 1. The molecule has 146 valence electrons. The van der Waals surface area contributed by atoms with Gasteiger partial charge in [0.15, 0.2) is 0 Å². The van der Waals surface area contributed by atoms with Gasteiger partial charge in [-0.1, -0.05) is 31.5 Å². The Labute approximate surface area is 163 Å². The minimum atomic E-state index is -0.942. The zero-order valence-corrected chi connectivity index (χ0v) is 15.9. The molecule has 0 aliphatic carbocycles. The van der Waals surface area contributed by atoms with Crippen molar-refractivity contribution in [2.45, 2.75) is 32.2 Å². The van der Waals surface area contributed by atoms with E-state index < -0.39 is 17.5 Å². The van der Waals surface area contributed by atoms with Gasteiger partial charge in [-0.3, -0.25) is 14.5 Å². The maximum Gasteiger partial charge on any atom is 0.325 e. The van der Waals surface area contributed by atoms with Crippen molar-refractivity contribution in [2.24, 2.45) is 0 Å². The summed E-state index contributed by atoms with van der Waals surface area (Å²) in [5.74, 6) is 0.531. The first kappa shape index (κ1) is 19.4. The van der Waals surface area contributed by atoms with E-state index in [0.29, 0.717) is 23.6 Å². The summed E-state index contributed by atoms with van der Waals surface area (Å²) in [6.07, 6.45) is 1.28. The van der Waals surface area contributed by atoms with Gasteiger partial charge >= 0.3 is 6.03 Å². The van der Waals surface area contributed by atoms with Gasteiger partial charge in [-0.25, -0.2) is 4.79 Å². The van der Waals surface area contributed by atoms with E-state index in [9.17, 15) is 14.4 Å². The van der Waals surface area contributed by atoms with Gasteiger partial charge in [0.2, 0.25) is 5.91 Å². The average molecular weight is 381 g/mol. The van der Waals surface area contributed by atoms with Gasteiger partial charge < -0.3 is 15.4 Å². The molecule has 0 bridgehead atoms. The lowest BCUT2D eigenvalue weighted by Gasteiger charge is -2.20. The smallest absolute Gasteiger partial charge is 0.325 e. The Morgan fingerprint density at radius 2 is 1.71 bits per heavy atom. The molecule has 2 aromatic carbocycles. The van der Waals surface area contributed by atoms with E-state index in [4.69, 9.17) is 4.74 Å². The molecule has 0 aromatic heterocycles. The predicted molar refractivity (Wildman–Crippen MR) is 105 cm³/mol. The monoisotopic (exact) mass is 381 g/mol. The van der Waals surface area contributed by atoms with E-state index in [2.05, 4.69) is 10.6 Å². The third-order valence-corrected chi connectivity index (χ3v) is 4.51. The highest BCUT2D eigenvalue weighted by molar-refractivity contribution is 6.09. The number of imide groups is 1. The van der Waals surface area contributed by atoms with Crippen LogP contribution in [0, 0.1) is 0 Å². The molecule has 0 radical (unpaired) electrons. The van der Waals surface area contributed by atoms with Gasteiger partial charge in [-0.2, -0.15) is 0 Å². The number of carbonyl (C=O) groups excluding carboxylic acids is 3. The second-order valence-electron chi connectivity index (χ2n) is 6.89. The van der Waals surface area contributed by atoms with Crippen LogP contribution < -0.4 is 15.4 Å². The first-order valence-electron chi connectivity index (χ1n) is 9.18. The number of para-hydroxylation sites is 1. The molecule has 28 heavy (non-hydrogen) atoms. The van der Waals surface area contributed by atoms with Crippen LogP contribution in [0.15, 0.2) is 54.6 Å². The lowest BCUT2D eigenvalue weighted by atomic mass is 9.96. The number of benzene rings is 2. The molecule has 2 aromatic rings. The summed E-state index contributed by atoms with van der Waals surface area (Å²) in [4.78, 5) is 37.8. The fourth-order valence-electron chi connectivity index (χ4n) is 3.14. The van der Waals surface area contributed by atoms with Gasteiger partial charge in [0, 0.05) is 5.69 Å². The van der Waals surface area contributed by atoms with Crippen molar-refractivity contribution in [1.82, 2.24) is 10.2 Å². The lowest BCUT2D eigenvalue weighted by molar-refractivity contribution is -0.133. The number of amides is 4. The van der Waals surface area contributed by atoms with Gasteiger partial charge in [0.05, 0.1) is 0 Å². The summed E-state index contributed by atoms with van der Waals surface area (Å²) in [6.45, 7) is 3.29. The number of rotatable bonds is 7. The normalized spacial score (nSPS) is 18.7. The highest BCUT2D eigenvalue weighted by atomic mass is 16.5. The summed E-state index contributed by atoms with van der Waals surface area (Å²) in [5, 5.41) is 5.36. The topological polar surface area (TPSA) is 87.7 Å². The largest absolute Gasteiger partial charge is 0.457 e. The zero-order chi connectivity index (χ0) is 20.1. The Bertz CT molecular complexity index is 867. The third-order valence-electron chi connectivity index (χ3n) is 4.51. The van der Waals surface area contributed by atoms with E-state index >= 15 is 0 Å². The second-order valence-corrected chi connectivity index (χ2v) is 6.89. The van der Waals surface area contributed by atoms with Gasteiger partial charge in [0.25, 0.3) is 5.91 Å². The van der Waals surface area contributed by atoms with Gasteiger partial charge in [-0.05, 0) is 49.7 Å². The van der Waals surface area contributed by atoms with Crippen LogP contribution in [0.3, 0.4) is 0 Å². The molecule has 3 rings (SSSR count). The molecule has 1 heterocycles. The van der Waals surface area contributed by atoms with E-state index in [1.54, 1.807) is 31.2 Å². The molecular formula is C21H23N3O4. The Morgan fingerprint density at radius 3 is 2.36 bits per heavy atom. The van der Waals surface area contributed by atoms with Crippen molar-refractivity contribution in [3.8, 4) is 11.5 Å². The predicted octanol–water partition coefficient (Wildman–Crippen LogP) is 3.53. The number of anilines is 1. The van der Waals surface area contributed by atoms with Crippen molar-refractivity contribution in [1.29, 1.82) is 0 Å². The molecule has 1 atom stereocenters.